The van der Waals surface area contributed by atoms with Gasteiger partial charge in [0.05, 0.1) is 0 Å². The number of amides is 1. The van der Waals surface area contributed by atoms with Gasteiger partial charge in [-0.2, -0.15) is 0 Å². The summed E-state index contributed by atoms with van der Waals surface area (Å²) in [6.07, 6.45) is 2.44. The molecule has 0 saturated carbocycles. The second kappa shape index (κ2) is 8.23. The molecule has 6 heteroatoms. The summed E-state index contributed by atoms with van der Waals surface area (Å²) in [6, 6.07) is 13.8. The van der Waals surface area contributed by atoms with Gasteiger partial charge in [-0.05, 0) is 48.2 Å². The van der Waals surface area contributed by atoms with Crippen LogP contribution in [0.3, 0.4) is 0 Å². The molecule has 2 aromatic rings. The van der Waals surface area contributed by atoms with Gasteiger partial charge in [0.15, 0.2) is 0 Å². The number of aryl methyl sites for hydroxylation is 1. The fraction of sp³-hybridized carbons (Fsp3) is 0.364. The summed E-state index contributed by atoms with van der Waals surface area (Å²) in [5, 5.41) is 9.50. The number of nitrogens with zero attached hydrogens (tertiary/aromatic N) is 1. The monoisotopic (exact) mass is 401 g/mol. The van der Waals surface area contributed by atoms with Crippen molar-refractivity contribution in [2.24, 2.45) is 0 Å². The third-order valence-electron chi connectivity index (χ3n) is 4.96. The second-order valence-electron chi connectivity index (χ2n) is 7.62. The normalized spacial score (nSPS) is 17.7. The van der Waals surface area contributed by atoms with Crippen LogP contribution >= 0.6 is 11.6 Å². The van der Waals surface area contributed by atoms with E-state index in [-0.39, 0.29) is 24.5 Å². The molecule has 0 aliphatic carbocycles. The highest BCUT2D eigenvalue weighted by molar-refractivity contribution is 6.30. The number of carbonyl (C=O) groups excluding carboxylic acids is 1. The fourth-order valence-corrected chi connectivity index (χ4v) is 3.72. The van der Waals surface area contributed by atoms with Gasteiger partial charge in [-0.3, -0.25) is 9.59 Å². The summed E-state index contributed by atoms with van der Waals surface area (Å²) in [7, 11) is 1.51. The number of carboxylic acid groups (broad SMARTS) is 1. The van der Waals surface area contributed by atoms with Gasteiger partial charge in [0, 0.05) is 31.3 Å². The van der Waals surface area contributed by atoms with Gasteiger partial charge in [0.1, 0.15) is 17.9 Å². The lowest BCUT2D eigenvalue weighted by molar-refractivity contribution is -0.143. The van der Waals surface area contributed by atoms with Crippen LogP contribution in [0.5, 0.6) is 5.75 Å². The van der Waals surface area contributed by atoms with Crippen molar-refractivity contribution < 1.29 is 19.4 Å². The van der Waals surface area contributed by atoms with Crippen LogP contribution in [-0.4, -0.2) is 41.1 Å². The minimum atomic E-state index is -1.01. The van der Waals surface area contributed by atoms with Gasteiger partial charge in [-0.1, -0.05) is 35.9 Å². The molecule has 0 bridgehead atoms. The number of hydrogen-bond acceptors (Lipinski definition) is 3. The Labute approximate surface area is 169 Å². The first-order valence-electron chi connectivity index (χ1n) is 9.25. The highest BCUT2D eigenvalue weighted by atomic mass is 35.5. The Bertz CT molecular complexity index is 881. The average Bonchev–Trinajstić information content (AvgIpc) is 2.96. The van der Waals surface area contributed by atoms with Crippen molar-refractivity contribution in [3.63, 3.8) is 0 Å². The molecule has 3 rings (SSSR count). The van der Waals surface area contributed by atoms with Crippen molar-refractivity contribution in [2.75, 3.05) is 13.6 Å². The molecule has 1 atom stereocenters. The molecule has 1 aliphatic heterocycles. The minimum Gasteiger partial charge on any atom is -0.487 e. The number of likely N-dealkylation sites (N-methyl/N-ethyl adjacent to an activating group) is 1. The van der Waals surface area contributed by atoms with Crippen molar-refractivity contribution in [3.8, 4) is 5.75 Å². The van der Waals surface area contributed by atoms with Crippen LogP contribution in [0, 0.1) is 0 Å². The lowest BCUT2D eigenvalue weighted by Crippen LogP contribution is -2.32. The maximum atomic E-state index is 12.0. The Morgan fingerprint density at radius 3 is 2.54 bits per heavy atom. The number of hydrogen-bond donors (Lipinski definition) is 1. The van der Waals surface area contributed by atoms with E-state index in [1.807, 2.05) is 36.4 Å². The highest BCUT2D eigenvalue weighted by Gasteiger charge is 2.35. The molecule has 5 nitrogen and oxygen atoms in total. The van der Waals surface area contributed by atoms with E-state index in [1.54, 1.807) is 0 Å². The fourth-order valence-electron chi connectivity index (χ4n) is 3.60. The van der Waals surface area contributed by atoms with Gasteiger partial charge in [-0.15, -0.1) is 0 Å². The Morgan fingerprint density at radius 1 is 1.18 bits per heavy atom. The van der Waals surface area contributed by atoms with E-state index in [2.05, 4.69) is 13.0 Å². The van der Waals surface area contributed by atoms with Crippen molar-refractivity contribution in [2.45, 2.75) is 38.2 Å². The molecule has 0 spiro atoms. The van der Waals surface area contributed by atoms with Crippen LogP contribution in [0.4, 0.5) is 0 Å². The van der Waals surface area contributed by atoms with E-state index < -0.39 is 5.97 Å². The number of ether oxygens (including phenoxy) is 1. The molecular weight excluding hydrogens is 378 g/mol. The zero-order chi connectivity index (χ0) is 20.3. The van der Waals surface area contributed by atoms with Crippen LogP contribution in [-0.2, 0) is 28.9 Å². The Morgan fingerprint density at radius 2 is 1.86 bits per heavy atom. The number of aliphatic carboxylic acids is 1. The maximum absolute atomic E-state index is 12.0. The zero-order valence-corrected chi connectivity index (χ0v) is 16.8. The summed E-state index contributed by atoms with van der Waals surface area (Å²) in [4.78, 5) is 24.0. The summed E-state index contributed by atoms with van der Waals surface area (Å²) in [5.74, 6) is -0.299. The van der Waals surface area contributed by atoms with Crippen LogP contribution in [0.2, 0.25) is 5.02 Å². The van der Waals surface area contributed by atoms with Gasteiger partial charge < -0.3 is 14.7 Å². The minimum absolute atomic E-state index is 0.174. The summed E-state index contributed by atoms with van der Waals surface area (Å²) in [5.41, 5.74) is 3.05. The summed E-state index contributed by atoms with van der Waals surface area (Å²) >= 11 is 5.96. The van der Waals surface area contributed by atoms with Crippen LogP contribution in [0.1, 0.15) is 30.0 Å². The topological polar surface area (TPSA) is 66.8 Å². The number of fused-ring (bicyclic) bond motifs is 1. The standard InChI is InChI=1S/C22H24ClNO4/c1-22(12-16-3-7-18(23)8-4-16)13-17-11-15(5-9-19(17)28-22)6-10-20(25)24(2)14-21(26)27/h3-5,7-9,11H,6,10,12-14H2,1-2H3,(H,26,27). The highest BCUT2D eigenvalue weighted by Crippen LogP contribution is 2.37. The van der Waals surface area contributed by atoms with E-state index in [0.717, 1.165) is 34.7 Å². The first-order valence-corrected chi connectivity index (χ1v) is 9.63. The van der Waals surface area contributed by atoms with Gasteiger partial charge in [0.25, 0.3) is 0 Å². The first-order chi connectivity index (χ1) is 13.2. The molecule has 1 amide bonds. The quantitative estimate of drug-likeness (QED) is 0.767. The largest absolute Gasteiger partial charge is 0.487 e. The molecule has 0 fully saturated rings. The van der Waals surface area contributed by atoms with Crippen molar-refractivity contribution >= 4 is 23.5 Å². The maximum Gasteiger partial charge on any atom is 0.323 e. The van der Waals surface area contributed by atoms with Gasteiger partial charge in [-0.25, -0.2) is 0 Å². The van der Waals surface area contributed by atoms with Crippen molar-refractivity contribution in [1.82, 2.24) is 4.90 Å². The third kappa shape index (κ3) is 5.04. The lowest BCUT2D eigenvalue weighted by Gasteiger charge is -2.24. The van der Waals surface area contributed by atoms with Crippen molar-refractivity contribution in [1.29, 1.82) is 0 Å². The molecule has 0 radical (unpaired) electrons. The predicted octanol–water partition coefficient (Wildman–Crippen LogP) is 3.75. The molecule has 1 N–H and O–H groups in total. The van der Waals surface area contributed by atoms with E-state index in [0.29, 0.717) is 6.42 Å². The molecule has 1 aliphatic rings. The number of carboxylic acids is 1. The smallest absolute Gasteiger partial charge is 0.323 e. The molecule has 0 aromatic heterocycles. The molecular formula is C22H24ClNO4. The molecule has 0 saturated heterocycles. The molecule has 1 unspecified atom stereocenters. The Kier molecular flexibility index (Phi) is 5.94. The number of benzene rings is 2. The summed E-state index contributed by atoms with van der Waals surface area (Å²) < 4.78 is 6.22. The molecule has 1 heterocycles. The number of halogens is 1. The average molecular weight is 402 g/mol. The van der Waals surface area contributed by atoms with E-state index >= 15 is 0 Å². The third-order valence-corrected chi connectivity index (χ3v) is 5.21. The zero-order valence-electron chi connectivity index (χ0n) is 16.1. The van der Waals surface area contributed by atoms with Crippen LogP contribution < -0.4 is 4.74 Å². The Balaban J connectivity index is 1.61. The van der Waals surface area contributed by atoms with Gasteiger partial charge >= 0.3 is 5.97 Å². The van der Waals surface area contributed by atoms with Crippen molar-refractivity contribution in [3.05, 3.63) is 64.2 Å². The number of carbonyl (C=O) groups is 2. The second-order valence-corrected chi connectivity index (χ2v) is 8.05. The molecule has 2 aromatic carbocycles. The summed E-state index contributed by atoms with van der Waals surface area (Å²) in [6.45, 7) is 1.82. The van der Waals surface area contributed by atoms with E-state index in [1.165, 1.54) is 17.5 Å². The SMILES string of the molecule is CN(CC(=O)O)C(=O)CCc1ccc2c(c1)CC(C)(Cc1ccc(Cl)cc1)O2. The lowest BCUT2D eigenvalue weighted by atomic mass is 9.91. The molecule has 148 valence electrons. The molecule has 28 heavy (non-hydrogen) atoms. The van der Waals surface area contributed by atoms with E-state index in [9.17, 15) is 9.59 Å². The van der Waals surface area contributed by atoms with Crippen LogP contribution in [0.25, 0.3) is 0 Å². The van der Waals surface area contributed by atoms with E-state index in [4.69, 9.17) is 21.4 Å². The van der Waals surface area contributed by atoms with Crippen LogP contribution in [0.15, 0.2) is 42.5 Å². The Hall–Kier alpha value is -2.53. The predicted molar refractivity (Wildman–Crippen MR) is 108 cm³/mol. The first kappa shape index (κ1) is 20.2. The van der Waals surface area contributed by atoms with Gasteiger partial charge in [0.2, 0.25) is 5.91 Å². The number of rotatable bonds is 7.